The number of anilines is 1. The van der Waals surface area contributed by atoms with Crippen LogP contribution in [0.2, 0.25) is 15.1 Å². The van der Waals surface area contributed by atoms with Gasteiger partial charge in [-0.3, -0.25) is 9.59 Å². The van der Waals surface area contributed by atoms with Gasteiger partial charge in [0.15, 0.2) is 6.61 Å². The minimum Gasteiger partial charge on any atom is -0.506 e. The van der Waals surface area contributed by atoms with Crippen LogP contribution in [0.1, 0.15) is 15.9 Å². The molecule has 8 nitrogen and oxygen atoms in total. The number of carbonyl (C=O) groups excluding carboxylic acids is 2. The molecule has 0 radical (unpaired) electrons. The number of aromatic hydroxyl groups is 1. The minimum atomic E-state index is -0.512. The van der Waals surface area contributed by atoms with Crippen LogP contribution < -0.4 is 20.2 Å². The summed E-state index contributed by atoms with van der Waals surface area (Å²) < 4.78 is 10.7. The summed E-state index contributed by atoms with van der Waals surface area (Å²) in [7, 11) is 1.46. The highest BCUT2D eigenvalue weighted by atomic mass is 35.5. The average Bonchev–Trinajstić information content (AvgIpc) is 2.81. The molecule has 11 heteroatoms. The summed E-state index contributed by atoms with van der Waals surface area (Å²) in [4.78, 5) is 24.4. The molecule has 3 N–H and O–H groups in total. The summed E-state index contributed by atoms with van der Waals surface area (Å²) in [6, 6.07) is 13.6. The topological polar surface area (TPSA) is 109 Å². The number of hydrazone groups is 1. The van der Waals surface area contributed by atoms with Gasteiger partial charge in [0.25, 0.3) is 11.8 Å². The molecule has 176 valence electrons. The maximum Gasteiger partial charge on any atom is 0.271 e. The monoisotopic (exact) mass is 521 g/mol. The van der Waals surface area contributed by atoms with Crippen molar-refractivity contribution in [1.82, 2.24) is 5.43 Å². The summed E-state index contributed by atoms with van der Waals surface area (Å²) >= 11 is 17.7. The number of phenolic OH excluding ortho intramolecular Hbond substituents is 1. The Morgan fingerprint density at radius 3 is 2.50 bits per heavy atom. The third kappa shape index (κ3) is 6.77. The van der Waals surface area contributed by atoms with E-state index in [1.54, 1.807) is 30.3 Å². The Bertz CT molecular complexity index is 1250. The number of hydrogen-bond acceptors (Lipinski definition) is 6. The summed E-state index contributed by atoms with van der Waals surface area (Å²) in [5.74, 6) is -0.304. The van der Waals surface area contributed by atoms with Gasteiger partial charge >= 0.3 is 0 Å². The van der Waals surface area contributed by atoms with Crippen molar-refractivity contribution in [2.45, 2.75) is 0 Å². The molecule has 0 atom stereocenters. The van der Waals surface area contributed by atoms with Gasteiger partial charge in [0.1, 0.15) is 17.2 Å². The number of methoxy groups -OCH3 is 1. The number of hydrogen-bond donors (Lipinski definition) is 3. The third-order valence-corrected chi connectivity index (χ3v) is 5.18. The van der Waals surface area contributed by atoms with E-state index in [9.17, 15) is 14.7 Å². The number of halogens is 3. The summed E-state index contributed by atoms with van der Waals surface area (Å²) in [6.07, 6.45) is 1.38. The lowest BCUT2D eigenvalue weighted by Crippen LogP contribution is -2.20. The molecule has 0 fully saturated rings. The Labute approximate surface area is 210 Å². The fraction of sp³-hybridized carbons (Fsp3) is 0.0870. The highest BCUT2D eigenvalue weighted by Crippen LogP contribution is 2.28. The molecular formula is C23H18Cl3N3O5. The van der Waals surface area contributed by atoms with E-state index in [2.05, 4.69) is 15.8 Å². The molecule has 0 aromatic heterocycles. The molecule has 0 spiro atoms. The second-order valence-corrected chi connectivity index (χ2v) is 7.98. The lowest BCUT2D eigenvalue weighted by Gasteiger charge is -2.11. The molecule has 0 saturated heterocycles. The molecule has 0 heterocycles. The maximum atomic E-state index is 12.2. The largest absolute Gasteiger partial charge is 0.506 e. The number of phenols is 1. The summed E-state index contributed by atoms with van der Waals surface area (Å²) in [6.45, 7) is -0.264. The Kier molecular flexibility index (Phi) is 8.59. The molecule has 0 aliphatic rings. The van der Waals surface area contributed by atoms with E-state index in [1.165, 1.54) is 37.6 Å². The smallest absolute Gasteiger partial charge is 0.271 e. The number of benzene rings is 3. The van der Waals surface area contributed by atoms with Crippen LogP contribution in [0.25, 0.3) is 0 Å². The molecule has 0 unspecified atom stereocenters. The lowest BCUT2D eigenvalue weighted by molar-refractivity contribution is -0.118. The maximum absolute atomic E-state index is 12.2. The quantitative estimate of drug-likeness (QED) is 0.280. The van der Waals surface area contributed by atoms with Gasteiger partial charge in [0.2, 0.25) is 0 Å². The van der Waals surface area contributed by atoms with Crippen LogP contribution in [0.3, 0.4) is 0 Å². The van der Waals surface area contributed by atoms with E-state index in [0.29, 0.717) is 32.8 Å². The fourth-order valence-corrected chi connectivity index (χ4v) is 3.34. The molecule has 0 bridgehead atoms. The number of amides is 2. The second kappa shape index (κ2) is 11.6. The number of nitrogens with one attached hydrogen (secondary N) is 2. The normalized spacial score (nSPS) is 10.7. The molecule has 0 aliphatic heterocycles. The first-order chi connectivity index (χ1) is 16.3. The predicted octanol–water partition coefficient (Wildman–Crippen LogP) is 5.14. The first kappa shape index (κ1) is 25.2. The van der Waals surface area contributed by atoms with E-state index >= 15 is 0 Å². The number of carbonyl (C=O) groups is 2. The zero-order chi connectivity index (χ0) is 24.7. The molecule has 2 amide bonds. The van der Waals surface area contributed by atoms with Gasteiger partial charge in [-0.15, -0.1) is 0 Å². The van der Waals surface area contributed by atoms with Crippen LogP contribution in [0.4, 0.5) is 5.69 Å². The number of nitrogens with zero attached hydrogens (tertiary/aromatic N) is 1. The summed E-state index contributed by atoms with van der Waals surface area (Å²) in [5, 5.41) is 16.8. The molecular weight excluding hydrogens is 505 g/mol. The van der Waals surface area contributed by atoms with Crippen molar-refractivity contribution in [3.05, 3.63) is 80.8 Å². The number of rotatable bonds is 8. The van der Waals surface area contributed by atoms with E-state index in [1.807, 2.05) is 0 Å². The lowest BCUT2D eigenvalue weighted by atomic mass is 10.2. The minimum absolute atomic E-state index is 0.0533. The van der Waals surface area contributed by atoms with Crippen molar-refractivity contribution in [2.24, 2.45) is 5.10 Å². The van der Waals surface area contributed by atoms with E-state index < -0.39 is 11.8 Å². The SMILES string of the molecule is COc1cc(NC(=O)COc2ccc(Cl)cc2Cl)ccc1C=NNC(=O)c1ccc(O)c(Cl)c1. The Morgan fingerprint density at radius 2 is 1.79 bits per heavy atom. The molecule has 0 saturated carbocycles. The molecule has 3 aromatic carbocycles. The van der Waals surface area contributed by atoms with Crippen molar-refractivity contribution in [3.8, 4) is 17.2 Å². The van der Waals surface area contributed by atoms with Crippen molar-refractivity contribution in [3.63, 3.8) is 0 Å². The van der Waals surface area contributed by atoms with Crippen LogP contribution in [0.5, 0.6) is 17.2 Å². The van der Waals surface area contributed by atoms with Gasteiger partial charge < -0.3 is 19.9 Å². The summed E-state index contributed by atoms with van der Waals surface area (Å²) in [5.41, 5.74) is 3.61. The van der Waals surface area contributed by atoms with Crippen molar-refractivity contribution in [2.75, 3.05) is 19.0 Å². The van der Waals surface area contributed by atoms with Gasteiger partial charge in [-0.25, -0.2) is 5.43 Å². The van der Waals surface area contributed by atoms with Crippen LogP contribution in [-0.4, -0.2) is 36.9 Å². The molecule has 3 aromatic rings. The van der Waals surface area contributed by atoms with Gasteiger partial charge in [0, 0.05) is 27.9 Å². The van der Waals surface area contributed by atoms with Gasteiger partial charge in [-0.2, -0.15) is 5.10 Å². The van der Waals surface area contributed by atoms with Crippen LogP contribution in [-0.2, 0) is 4.79 Å². The van der Waals surface area contributed by atoms with Crippen LogP contribution in [0, 0.1) is 0 Å². The van der Waals surface area contributed by atoms with Gasteiger partial charge in [-0.1, -0.05) is 34.8 Å². The fourth-order valence-electron chi connectivity index (χ4n) is 2.70. The zero-order valence-electron chi connectivity index (χ0n) is 17.6. The third-order valence-electron chi connectivity index (χ3n) is 4.35. The Morgan fingerprint density at radius 1 is 1.00 bits per heavy atom. The Hall–Kier alpha value is -3.46. The van der Waals surface area contributed by atoms with Gasteiger partial charge in [0.05, 0.1) is 23.4 Å². The highest BCUT2D eigenvalue weighted by Gasteiger charge is 2.10. The predicted molar refractivity (Wildman–Crippen MR) is 132 cm³/mol. The highest BCUT2D eigenvalue weighted by molar-refractivity contribution is 6.35. The van der Waals surface area contributed by atoms with Crippen LogP contribution >= 0.6 is 34.8 Å². The Balaban J connectivity index is 1.59. The van der Waals surface area contributed by atoms with E-state index in [4.69, 9.17) is 44.3 Å². The van der Waals surface area contributed by atoms with Crippen LogP contribution in [0.15, 0.2) is 59.7 Å². The van der Waals surface area contributed by atoms with E-state index in [-0.39, 0.29) is 22.9 Å². The van der Waals surface area contributed by atoms with E-state index in [0.717, 1.165) is 0 Å². The first-order valence-corrected chi connectivity index (χ1v) is 10.8. The number of ether oxygens (including phenoxy) is 2. The average molecular weight is 523 g/mol. The second-order valence-electron chi connectivity index (χ2n) is 6.73. The molecule has 3 rings (SSSR count). The van der Waals surface area contributed by atoms with Crippen molar-refractivity contribution >= 4 is 58.5 Å². The van der Waals surface area contributed by atoms with Gasteiger partial charge in [-0.05, 0) is 48.5 Å². The van der Waals surface area contributed by atoms with Crippen molar-refractivity contribution in [1.29, 1.82) is 0 Å². The zero-order valence-corrected chi connectivity index (χ0v) is 19.9. The standard InChI is InChI=1S/C23H18Cl3N3O5/c1-33-21-10-16(28-22(31)12-34-20-7-4-15(24)9-18(20)26)5-2-14(21)11-27-29-23(32)13-3-6-19(30)17(25)8-13/h2-11,30H,12H2,1H3,(H,28,31)(H,29,32). The molecule has 34 heavy (non-hydrogen) atoms. The van der Waals surface area contributed by atoms with Crippen molar-refractivity contribution < 1.29 is 24.2 Å². The molecule has 0 aliphatic carbocycles. The first-order valence-electron chi connectivity index (χ1n) is 9.64.